The van der Waals surface area contributed by atoms with Gasteiger partial charge >= 0.3 is 6.01 Å². The Morgan fingerprint density at radius 1 is 1.00 bits per heavy atom. The van der Waals surface area contributed by atoms with E-state index in [1.165, 1.54) is 5.56 Å². The molecule has 0 fully saturated rings. The normalized spacial score (nSPS) is 11.1. The first-order chi connectivity index (χ1) is 16.0. The predicted molar refractivity (Wildman–Crippen MR) is 125 cm³/mol. The Morgan fingerprint density at radius 3 is 2.42 bits per heavy atom. The van der Waals surface area contributed by atoms with Crippen molar-refractivity contribution < 1.29 is 9.53 Å². The minimum Gasteiger partial charge on any atom is -0.467 e. The second-order valence-electron chi connectivity index (χ2n) is 7.79. The Kier molecular flexibility index (Phi) is 5.10. The lowest BCUT2D eigenvalue weighted by Crippen LogP contribution is -2.12. The predicted octanol–water partition coefficient (Wildman–Crippen LogP) is 3.75. The Balaban J connectivity index is 1.38. The number of aromatic nitrogens is 5. The summed E-state index contributed by atoms with van der Waals surface area (Å²) in [6.07, 6.45) is 5.58. The highest BCUT2D eigenvalue weighted by Crippen LogP contribution is 2.24. The summed E-state index contributed by atoms with van der Waals surface area (Å²) in [5.74, 6) is -0.533. The smallest absolute Gasteiger partial charge is 0.316 e. The van der Waals surface area contributed by atoms with Gasteiger partial charge in [-0.25, -0.2) is 14.6 Å². The topological polar surface area (TPSA) is 101 Å². The first-order valence-electron chi connectivity index (χ1n) is 10.4. The maximum Gasteiger partial charge on any atom is 0.316 e. The third-order valence-electron chi connectivity index (χ3n) is 5.59. The molecule has 0 spiro atoms. The summed E-state index contributed by atoms with van der Waals surface area (Å²) >= 11 is 0. The lowest BCUT2D eigenvalue weighted by atomic mass is 10.1. The van der Waals surface area contributed by atoms with Gasteiger partial charge in [0.1, 0.15) is 0 Å². The molecule has 0 saturated carbocycles. The first-order valence-corrected chi connectivity index (χ1v) is 10.4. The van der Waals surface area contributed by atoms with Crippen LogP contribution in [0.5, 0.6) is 6.01 Å². The molecule has 33 heavy (non-hydrogen) atoms. The van der Waals surface area contributed by atoms with Gasteiger partial charge in [-0.3, -0.25) is 4.79 Å². The minimum atomic E-state index is -0.533. The maximum atomic E-state index is 11.4. The number of ether oxygens (including phenoxy) is 1. The van der Waals surface area contributed by atoms with E-state index in [0.29, 0.717) is 6.01 Å². The molecule has 164 valence electrons. The number of aryl methyl sites for hydroxylation is 1. The fourth-order valence-corrected chi connectivity index (χ4v) is 3.88. The second kappa shape index (κ2) is 8.23. The lowest BCUT2D eigenvalue weighted by molar-refractivity contribution is 0.0995. The molecule has 5 aromatic rings. The van der Waals surface area contributed by atoms with Gasteiger partial charge in [-0.05, 0) is 48.4 Å². The van der Waals surface area contributed by atoms with Crippen molar-refractivity contribution in [1.82, 2.24) is 24.3 Å². The molecule has 0 radical (unpaired) electrons. The zero-order chi connectivity index (χ0) is 22.9. The second-order valence-corrected chi connectivity index (χ2v) is 7.79. The third kappa shape index (κ3) is 3.94. The molecule has 8 nitrogen and oxygen atoms in total. The monoisotopic (exact) mass is 438 g/mol. The number of methoxy groups -OCH3 is 1. The fraction of sp³-hybridized carbons (Fsp3) is 0.120. The largest absolute Gasteiger partial charge is 0.467 e. The molecule has 0 aliphatic rings. The van der Waals surface area contributed by atoms with Crippen LogP contribution in [0.1, 0.15) is 21.7 Å². The van der Waals surface area contributed by atoms with Crippen LogP contribution in [-0.2, 0) is 6.54 Å². The highest BCUT2D eigenvalue weighted by Gasteiger charge is 2.11. The first kappa shape index (κ1) is 20.4. The number of nitrogens with two attached hydrogens (primary N) is 1. The van der Waals surface area contributed by atoms with Crippen LogP contribution >= 0.6 is 0 Å². The van der Waals surface area contributed by atoms with Gasteiger partial charge in [0.25, 0.3) is 5.91 Å². The number of carbonyl (C=O) groups is 1. The van der Waals surface area contributed by atoms with Crippen molar-refractivity contribution in [3.8, 4) is 22.8 Å². The van der Waals surface area contributed by atoms with Crippen molar-refractivity contribution in [2.24, 2.45) is 5.73 Å². The van der Waals surface area contributed by atoms with Crippen LogP contribution in [0, 0.1) is 6.92 Å². The highest BCUT2D eigenvalue weighted by atomic mass is 16.5. The maximum absolute atomic E-state index is 11.4. The summed E-state index contributed by atoms with van der Waals surface area (Å²) in [5.41, 5.74) is 11.7. The number of fused-ring (bicyclic) bond motifs is 1. The van der Waals surface area contributed by atoms with Crippen LogP contribution in [0.15, 0.2) is 73.2 Å². The van der Waals surface area contributed by atoms with Gasteiger partial charge in [-0.2, -0.15) is 5.10 Å². The van der Waals surface area contributed by atoms with Crippen LogP contribution in [0.25, 0.3) is 27.7 Å². The lowest BCUT2D eigenvalue weighted by Gasteiger charge is -2.09. The number of hydrogen-bond donors (Lipinski definition) is 1. The van der Waals surface area contributed by atoms with Gasteiger partial charge in [-0.15, -0.1) is 0 Å². The van der Waals surface area contributed by atoms with Gasteiger partial charge in [0.05, 0.1) is 12.8 Å². The fourth-order valence-electron chi connectivity index (χ4n) is 3.88. The van der Waals surface area contributed by atoms with Crippen molar-refractivity contribution in [2.45, 2.75) is 13.5 Å². The number of nitrogens with zero attached hydrogens (tertiary/aromatic N) is 5. The average molecular weight is 438 g/mol. The van der Waals surface area contributed by atoms with E-state index in [1.54, 1.807) is 30.3 Å². The molecule has 1 amide bonds. The Labute approximate surface area is 190 Å². The van der Waals surface area contributed by atoms with Gasteiger partial charge in [-0.1, -0.05) is 24.3 Å². The Bertz CT molecular complexity index is 1450. The van der Waals surface area contributed by atoms with Crippen molar-refractivity contribution in [1.29, 1.82) is 0 Å². The van der Waals surface area contributed by atoms with E-state index in [9.17, 15) is 4.79 Å². The van der Waals surface area contributed by atoms with Crippen molar-refractivity contribution in [2.75, 3.05) is 7.11 Å². The van der Waals surface area contributed by atoms with Gasteiger partial charge < -0.3 is 15.0 Å². The van der Waals surface area contributed by atoms with Crippen LogP contribution in [0.3, 0.4) is 0 Å². The summed E-state index contributed by atoms with van der Waals surface area (Å²) in [4.78, 5) is 19.8. The molecule has 0 atom stereocenters. The molecule has 2 aromatic carbocycles. The summed E-state index contributed by atoms with van der Waals surface area (Å²) in [6, 6.07) is 18.6. The summed E-state index contributed by atoms with van der Waals surface area (Å²) in [7, 11) is 1.55. The summed E-state index contributed by atoms with van der Waals surface area (Å²) < 4.78 is 8.96. The van der Waals surface area contributed by atoms with E-state index < -0.39 is 5.91 Å². The molecule has 0 aliphatic heterocycles. The number of amides is 1. The Hall–Kier alpha value is -4.46. The molecule has 3 aromatic heterocycles. The molecule has 3 heterocycles. The van der Waals surface area contributed by atoms with E-state index in [4.69, 9.17) is 10.5 Å². The Morgan fingerprint density at radius 2 is 1.76 bits per heavy atom. The van der Waals surface area contributed by atoms with Gasteiger partial charge in [0.15, 0.2) is 5.69 Å². The van der Waals surface area contributed by atoms with Crippen LogP contribution in [0.2, 0.25) is 0 Å². The van der Waals surface area contributed by atoms with E-state index >= 15 is 0 Å². The standard InChI is InChI=1S/C25H22N6O2/c1-16-11-22(24(26)32)29-31(16)21-7-8-23-19(12-21)9-10-30(23)15-17-3-5-18(6-4-17)20-13-27-25(33-2)28-14-20/h3-14H,15H2,1-2H3,(H2,26,32). The van der Waals surface area contributed by atoms with E-state index in [0.717, 1.165) is 40.0 Å². The molecule has 0 saturated heterocycles. The molecule has 0 aliphatic carbocycles. The van der Waals surface area contributed by atoms with Crippen molar-refractivity contribution >= 4 is 16.8 Å². The SMILES string of the molecule is COc1ncc(-c2ccc(Cn3ccc4cc(-n5nc(C(N)=O)cc5C)ccc43)cc2)cn1. The number of hydrogen-bond acceptors (Lipinski definition) is 5. The molecular formula is C25H22N6O2. The van der Waals surface area contributed by atoms with Crippen LogP contribution in [0.4, 0.5) is 0 Å². The minimum absolute atomic E-state index is 0.259. The molecule has 0 unspecified atom stereocenters. The molecular weight excluding hydrogens is 416 g/mol. The molecule has 2 N–H and O–H groups in total. The van der Waals surface area contributed by atoms with Crippen LogP contribution < -0.4 is 10.5 Å². The van der Waals surface area contributed by atoms with E-state index in [1.807, 2.05) is 13.0 Å². The van der Waals surface area contributed by atoms with Gasteiger partial charge in [0, 0.05) is 47.3 Å². The number of carbonyl (C=O) groups excluding carboxylic acids is 1. The van der Waals surface area contributed by atoms with Crippen molar-refractivity contribution in [3.63, 3.8) is 0 Å². The third-order valence-corrected chi connectivity index (χ3v) is 5.59. The quantitative estimate of drug-likeness (QED) is 0.435. The summed E-state index contributed by atoms with van der Waals surface area (Å²) in [5, 5.41) is 5.42. The molecule has 5 rings (SSSR count). The van der Waals surface area contributed by atoms with Crippen molar-refractivity contribution in [3.05, 3.63) is 90.1 Å². The summed E-state index contributed by atoms with van der Waals surface area (Å²) in [6.45, 7) is 2.64. The molecule has 0 bridgehead atoms. The van der Waals surface area contributed by atoms with E-state index in [-0.39, 0.29) is 5.69 Å². The van der Waals surface area contributed by atoms with E-state index in [2.05, 4.69) is 68.3 Å². The highest BCUT2D eigenvalue weighted by molar-refractivity contribution is 5.91. The zero-order valence-electron chi connectivity index (χ0n) is 18.3. The number of primary amides is 1. The number of rotatable bonds is 6. The zero-order valence-corrected chi connectivity index (χ0v) is 18.3. The van der Waals surface area contributed by atoms with Gasteiger partial charge in [0.2, 0.25) is 0 Å². The molecule has 8 heteroatoms. The average Bonchev–Trinajstić information content (AvgIpc) is 3.43. The van der Waals surface area contributed by atoms with Crippen LogP contribution in [-0.4, -0.2) is 37.3 Å². The number of benzene rings is 2.